The molecule has 0 aromatic carbocycles. The Bertz CT molecular complexity index is 532. The van der Waals surface area contributed by atoms with Crippen molar-refractivity contribution in [3.8, 4) is 0 Å². The topological polar surface area (TPSA) is 243 Å². The molecule has 0 aliphatic carbocycles. The van der Waals surface area contributed by atoms with Gasteiger partial charge in [-0.1, -0.05) is 0 Å². The van der Waals surface area contributed by atoms with E-state index in [1.165, 1.54) is 24.8 Å². The van der Waals surface area contributed by atoms with Gasteiger partial charge in [0.15, 0.2) is 0 Å². The molecule has 0 bridgehead atoms. The summed E-state index contributed by atoms with van der Waals surface area (Å²) in [5, 5.41) is 27.4. The van der Waals surface area contributed by atoms with Gasteiger partial charge in [-0.3, -0.25) is 9.97 Å². The molecule has 0 fully saturated rings. The van der Waals surface area contributed by atoms with Crippen molar-refractivity contribution < 1.29 is 43.7 Å². The second kappa shape index (κ2) is 16.6. The first-order valence-corrected chi connectivity index (χ1v) is 5.39. The number of pyridine rings is 2. The molecule has 1 radical (unpaired) electrons. The van der Waals surface area contributed by atoms with Crippen LogP contribution in [0.2, 0.25) is 0 Å². The van der Waals surface area contributed by atoms with E-state index in [0.29, 0.717) is 11.1 Å². The van der Waals surface area contributed by atoms with Crippen LogP contribution in [-0.4, -0.2) is 38.2 Å². The third-order valence-corrected chi connectivity index (χ3v) is 2.09. The molecule has 0 saturated heterocycles. The maximum atomic E-state index is 10.7. The maximum Gasteiger partial charge on any atom is 2.00 e. The standard InChI is InChI=1S/2C6H7N3O.Cu.3H2O/c2*7-9-6(10)5-1-3-8-4-2-5;;;;/h2*1-4H,7H2,(H,9,10);;3*1H2/q;;+2;;;/p-2. The summed E-state index contributed by atoms with van der Waals surface area (Å²) in [6, 6.07) is 6.22. The van der Waals surface area contributed by atoms with Crippen molar-refractivity contribution in [3.05, 3.63) is 60.2 Å². The van der Waals surface area contributed by atoms with Gasteiger partial charge in [-0.25, -0.2) is 0 Å². The largest absolute Gasteiger partial charge is 2.00 e. The summed E-state index contributed by atoms with van der Waals surface area (Å²) in [6.45, 7) is 0. The molecule has 0 spiro atoms. The summed E-state index contributed by atoms with van der Waals surface area (Å²) in [4.78, 5) is 7.45. The molecule has 0 aliphatic rings. The van der Waals surface area contributed by atoms with Crippen molar-refractivity contribution in [1.82, 2.24) is 9.97 Å². The SMILES string of the molecule is N/N=C(/[O-])c1ccncc1.N/N=C(/[O-])c1ccncc1.O.O.O.[Cu+2]. The number of nitrogens with two attached hydrogens (primary N) is 2. The zero-order valence-corrected chi connectivity index (χ0v) is 13.1. The molecule has 2 rings (SSSR count). The normalized spacial score (nSPS) is 9.50. The summed E-state index contributed by atoms with van der Waals surface area (Å²) < 4.78 is 0. The average molecular weight is 390 g/mol. The molecule has 2 aromatic heterocycles. The first-order chi connectivity index (χ1) is 9.69. The Balaban J connectivity index is -0.000000143. The van der Waals surface area contributed by atoms with Crippen molar-refractivity contribution in [2.24, 2.45) is 21.9 Å². The fourth-order valence-corrected chi connectivity index (χ4v) is 1.14. The minimum absolute atomic E-state index is 0. The van der Waals surface area contributed by atoms with Crippen LogP contribution in [0.25, 0.3) is 0 Å². The molecule has 2 aromatic rings. The van der Waals surface area contributed by atoms with Gasteiger partial charge in [-0.15, -0.1) is 0 Å². The average Bonchev–Trinajstić information content (AvgIpc) is 2.55. The summed E-state index contributed by atoms with van der Waals surface area (Å²) in [7, 11) is 0. The summed E-state index contributed by atoms with van der Waals surface area (Å²) in [5.41, 5.74) is 0.912. The Hall–Kier alpha value is -2.76. The van der Waals surface area contributed by atoms with Gasteiger partial charge in [0.25, 0.3) is 0 Å². The predicted octanol–water partition coefficient (Wildman–Crippen LogP) is -4.35. The molecule has 24 heavy (non-hydrogen) atoms. The number of hydrazone groups is 2. The van der Waals surface area contributed by atoms with Crippen LogP contribution >= 0.6 is 0 Å². The third kappa shape index (κ3) is 10.0. The van der Waals surface area contributed by atoms with Gasteiger partial charge in [-0.2, -0.15) is 10.2 Å². The molecule has 11 nitrogen and oxygen atoms in total. The number of aromatic nitrogens is 2. The Kier molecular flexibility index (Phi) is 20.3. The molecule has 0 saturated carbocycles. The molecule has 12 heteroatoms. The van der Waals surface area contributed by atoms with Crippen molar-refractivity contribution in [1.29, 1.82) is 0 Å². The zero-order chi connectivity index (χ0) is 14.8. The van der Waals surface area contributed by atoms with Crippen LogP contribution in [0.3, 0.4) is 0 Å². The molecule has 0 unspecified atom stereocenters. The van der Waals surface area contributed by atoms with E-state index < -0.39 is 11.8 Å². The number of rotatable bonds is 2. The van der Waals surface area contributed by atoms with Gasteiger partial charge in [0.05, 0.1) is 0 Å². The van der Waals surface area contributed by atoms with Crippen LogP contribution in [0.1, 0.15) is 11.1 Å². The Morgan fingerprint density at radius 2 is 0.958 bits per heavy atom. The van der Waals surface area contributed by atoms with Crippen molar-refractivity contribution >= 4 is 11.8 Å². The fourth-order valence-electron chi connectivity index (χ4n) is 1.14. The van der Waals surface area contributed by atoms with E-state index in [4.69, 9.17) is 11.7 Å². The first-order valence-electron chi connectivity index (χ1n) is 5.39. The number of hydrogen-bond acceptors (Lipinski definition) is 8. The van der Waals surface area contributed by atoms with E-state index in [2.05, 4.69) is 20.2 Å². The molecule has 0 atom stereocenters. The first kappa shape index (κ1) is 29.3. The van der Waals surface area contributed by atoms with Gasteiger partial charge in [0, 0.05) is 36.6 Å². The van der Waals surface area contributed by atoms with Crippen LogP contribution in [0.15, 0.2) is 59.3 Å². The molecule has 10 N–H and O–H groups in total. The number of nitrogens with zero attached hydrogens (tertiary/aromatic N) is 4. The van der Waals surface area contributed by atoms with Gasteiger partial charge >= 0.3 is 17.1 Å². The summed E-state index contributed by atoms with van der Waals surface area (Å²) >= 11 is 0. The van der Waals surface area contributed by atoms with E-state index in [1.807, 2.05) is 0 Å². The van der Waals surface area contributed by atoms with E-state index >= 15 is 0 Å². The smallest absolute Gasteiger partial charge is 0.857 e. The fraction of sp³-hybridized carbons (Fsp3) is 0. The molecular weight excluding hydrogens is 372 g/mol. The molecular formula is C12H18CuN6O5. The van der Waals surface area contributed by atoms with Crippen molar-refractivity contribution in [3.63, 3.8) is 0 Å². The van der Waals surface area contributed by atoms with E-state index in [1.54, 1.807) is 24.3 Å². The van der Waals surface area contributed by atoms with Gasteiger partial charge in [0.2, 0.25) is 0 Å². The monoisotopic (exact) mass is 389 g/mol. The van der Waals surface area contributed by atoms with Gasteiger partial charge < -0.3 is 38.3 Å². The van der Waals surface area contributed by atoms with Crippen molar-refractivity contribution in [2.75, 3.05) is 0 Å². The van der Waals surface area contributed by atoms with Crippen LogP contribution in [0, 0.1) is 0 Å². The molecule has 137 valence electrons. The molecule has 0 amide bonds. The quantitative estimate of drug-likeness (QED) is 0.169. The maximum absolute atomic E-state index is 10.7. The second-order valence-electron chi connectivity index (χ2n) is 3.34. The Morgan fingerprint density at radius 3 is 1.17 bits per heavy atom. The van der Waals surface area contributed by atoms with Crippen LogP contribution in [-0.2, 0) is 17.1 Å². The predicted molar refractivity (Wildman–Crippen MR) is 80.8 cm³/mol. The minimum atomic E-state index is -0.428. The zero-order valence-electron chi connectivity index (χ0n) is 12.2. The van der Waals surface area contributed by atoms with Gasteiger partial charge in [0.1, 0.15) is 0 Å². The minimum Gasteiger partial charge on any atom is -0.857 e. The Morgan fingerprint density at radius 1 is 0.708 bits per heavy atom. The molecule has 2 heterocycles. The van der Waals surface area contributed by atoms with Crippen molar-refractivity contribution in [2.45, 2.75) is 0 Å². The second-order valence-corrected chi connectivity index (χ2v) is 3.34. The van der Waals surface area contributed by atoms with E-state index in [0.717, 1.165) is 0 Å². The van der Waals surface area contributed by atoms with E-state index in [9.17, 15) is 10.2 Å². The molecule has 0 aliphatic heterocycles. The van der Waals surface area contributed by atoms with E-state index in [-0.39, 0.29) is 33.5 Å². The number of hydrogen-bond donors (Lipinski definition) is 2. The Labute approximate surface area is 148 Å². The van der Waals surface area contributed by atoms with Crippen LogP contribution < -0.4 is 21.9 Å². The summed E-state index contributed by atoms with van der Waals surface area (Å²) in [6.07, 6.45) is 6.05. The van der Waals surface area contributed by atoms with Crippen LogP contribution in [0.4, 0.5) is 0 Å². The third-order valence-electron chi connectivity index (χ3n) is 2.09. The summed E-state index contributed by atoms with van der Waals surface area (Å²) in [5.74, 6) is 8.66. The van der Waals surface area contributed by atoms with Gasteiger partial charge in [-0.05, 0) is 35.4 Å². The van der Waals surface area contributed by atoms with Crippen LogP contribution in [0.5, 0.6) is 0 Å².